The van der Waals surface area contributed by atoms with E-state index in [9.17, 15) is 14.4 Å². The van der Waals surface area contributed by atoms with Crippen LogP contribution in [0.25, 0.3) is 10.9 Å². The van der Waals surface area contributed by atoms with Crippen LogP contribution in [0.15, 0.2) is 48.7 Å². The lowest BCUT2D eigenvalue weighted by atomic mass is 9.91. The van der Waals surface area contributed by atoms with Crippen molar-refractivity contribution in [1.29, 1.82) is 0 Å². The number of nitrogens with one attached hydrogen (secondary N) is 3. The molecule has 1 saturated heterocycles. The second-order valence-corrected chi connectivity index (χ2v) is 11.6. The van der Waals surface area contributed by atoms with Gasteiger partial charge in [-0.1, -0.05) is 29.8 Å². The van der Waals surface area contributed by atoms with E-state index in [-0.39, 0.29) is 29.8 Å². The number of likely N-dealkylation sites (tertiary alicyclic amines) is 1. The number of hydrogen-bond donors (Lipinski definition) is 3. The molecule has 2 heterocycles. The number of methoxy groups -OCH3 is 1. The molecule has 3 aromatic rings. The van der Waals surface area contributed by atoms with E-state index in [0.717, 1.165) is 23.9 Å². The van der Waals surface area contributed by atoms with Gasteiger partial charge in [-0.3, -0.25) is 9.59 Å². The van der Waals surface area contributed by atoms with E-state index in [1.54, 1.807) is 29.3 Å². The first-order valence-electron chi connectivity index (χ1n) is 13.7. The molecule has 5 rings (SSSR count). The van der Waals surface area contributed by atoms with Crippen molar-refractivity contribution in [3.8, 4) is 0 Å². The standard InChI is InChI=1S/C30H36ClN5O4/c1-35(2)15-13-30(11-12-30)21-7-4-19(5-8-21)27(37)34-26-18-36(29(39)40-3)14-10-24(26)33-28(38)20-6-9-22-23(31)17-32-25(22)16-20/h4-9,16-17,24,26,32H,10-15,18H2,1-3H3,(H,33,38)(H,34,37). The average Bonchev–Trinajstić information content (AvgIpc) is 3.67. The van der Waals surface area contributed by atoms with Crippen LogP contribution in [0.2, 0.25) is 5.02 Å². The zero-order valence-electron chi connectivity index (χ0n) is 23.1. The van der Waals surface area contributed by atoms with E-state index in [1.165, 1.54) is 25.5 Å². The maximum absolute atomic E-state index is 13.3. The number of H-pyrrole nitrogens is 1. The Balaban J connectivity index is 1.28. The minimum Gasteiger partial charge on any atom is -0.453 e. The molecule has 0 spiro atoms. The summed E-state index contributed by atoms with van der Waals surface area (Å²) in [5.74, 6) is -0.511. The van der Waals surface area contributed by atoms with E-state index in [0.29, 0.717) is 29.1 Å². The van der Waals surface area contributed by atoms with Gasteiger partial charge in [0.2, 0.25) is 0 Å². The number of hydrogen-bond acceptors (Lipinski definition) is 5. The van der Waals surface area contributed by atoms with Gasteiger partial charge in [0, 0.05) is 41.3 Å². The maximum Gasteiger partial charge on any atom is 0.409 e. The molecule has 1 aromatic heterocycles. The molecule has 2 fully saturated rings. The summed E-state index contributed by atoms with van der Waals surface area (Å²) in [5.41, 5.74) is 3.27. The Morgan fingerprint density at radius 3 is 2.40 bits per heavy atom. The number of piperidine rings is 1. The zero-order valence-corrected chi connectivity index (χ0v) is 23.9. The minimum absolute atomic E-state index is 0.216. The number of ether oxygens (including phenoxy) is 1. The number of carbonyl (C=O) groups is 3. The van der Waals surface area contributed by atoms with Crippen molar-refractivity contribution in [1.82, 2.24) is 25.4 Å². The number of amides is 3. The summed E-state index contributed by atoms with van der Waals surface area (Å²) in [4.78, 5) is 45.6. The molecule has 1 saturated carbocycles. The molecule has 212 valence electrons. The Morgan fingerprint density at radius 2 is 1.73 bits per heavy atom. The topological polar surface area (TPSA) is 107 Å². The molecule has 1 aliphatic carbocycles. The number of benzene rings is 2. The lowest BCUT2D eigenvalue weighted by molar-refractivity contribution is 0.0764. The van der Waals surface area contributed by atoms with Gasteiger partial charge in [-0.15, -0.1) is 0 Å². The van der Waals surface area contributed by atoms with Crippen molar-refractivity contribution in [2.45, 2.75) is 43.2 Å². The Bertz CT molecular complexity index is 1400. The second kappa shape index (κ2) is 11.5. The van der Waals surface area contributed by atoms with E-state index < -0.39 is 12.1 Å². The zero-order chi connectivity index (χ0) is 28.4. The van der Waals surface area contributed by atoms with Gasteiger partial charge in [0.1, 0.15) is 0 Å². The first kappa shape index (κ1) is 28.0. The molecular formula is C30H36ClN5O4. The molecule has 2 aromatic carbocycles. The Labute approximate surface area is 239 Å². The molecule has 0 bridgehead atoms. The van der Waals surface area contributed by atoms with E-state index in [4.69, 9.17) is 16.3 Å². The van der Waals surface area contributed by atoms with Crippen LogP contribution in [0.1, 0.15) is 52.0 Å². The van der Waals surface area contributed by atoms with Gasteiger partial charge in [0.25, 0.3) is 11.8 Å². The molecule has 2 aliphatic rings. The summed E-state index contributed by atoms with van der Waals surface area (Å²) in [6, 6.07) is 12.3. The van der Waals surface area contributed by atoms with Crippen LogP contribution in [0.4, 0.5) is 4.79 Å². The number of halogens is 1. The van der Waals surface area contributed by atoms with Gasteiger partial charge in [0.15, 0.2) is 0 Å². The predicted molar refractivity (Wildman–Crippen MR) is 155 cm³/mol. The van der Waals surface area contributed by atoms with Crippen molar-refractivity contribution in [3.05, 3.63) is 70.4 Å². The highest BCUT2D eigenvalue weighted by molar-refractivity contribution is 6.35. The fourth-order valence-electron chi connectivity index (χ4n) is 5.55. The van der Waals surface area contributed by atoms with Crippen LogP contribution in [-0.4, -0.2) is 85.6 Å². The molecule has 2 atom stereocenters. The van der Waals surface area contributed by atoms with Gasteiger partial charge in [-0.05, 0) is 81.6 Å². The molecule has 9 nitrogen and oxygen atoms in total. The monoisotopic (exact) mass is 565 g/mol. The summed E-state index contributed by atoms with van der Waals surface area (Å²) >= 11 is 6.17. The number of carbonyl (C=O) groups excluding carboxylic acids is 3. The Kier molecular flexibility index (Phi) is 8.05. The molecule has 1 aliphatic heterocycles. The number of fused-ring (bicyclic) bond motifs is 1. The molecule has 10 heteroatoms. The maximum atomic E-state index is 13.3. The lowest BCUT2D eigenvalue weighted by Crippen LogP contribution is -2.61. The van der Waals surface area contributed by atoms with Crippen molar-refractivity contribution in [2.75, 3.05) is 40.8 Å². The first-order valence-corrected chi connectivity index (χ1v) is 14.0. The van der Waals surface area contributed by atoms with Crippen LogP contribution in [0.3, 0.4) is 0 Å². The number of aromatic amines is 1. The quantitative estimate of drug-likeness (QED) is 0.380. The van der Waals surface area contributed by atoms with Crippen molar-refractivity contribution in [2.24, 2.45) is 0 Å². The molecule has 2 unspecified atom stereocenters. The Hall–Kier alpha value is -3.56. The second-order valence-electron chi connectivity index (χ2n) is 11.2. The third kappa shape index (κ3) is 5.95. The molecule has 0 radical (unpaired) electrons. The van der Waals surface area contributed by atoms with E-state index >= 15 is 0 Å². The summed E-state index contributed by atoms with van der Waals surface area (Å²) < 4.78 is 4.91. The lowest BCUT2D eigenvalue weighted by Gasteiger charge is -2.38. The van der Waals surface area contributed by atoms with Crippen molar-refractivity contribution < 1.29 is 19.1 Å². The Morgan fingerprint density at radius 1 is 1.05 bits per heavy atom. The van der Waals surface area contributed by atoms with Gasteiger partial charge in [-0.2, -0.15) is 0 Å². The van der Waals surface area contributed by atoms with Gasteiger partial charge in [-0.25, -0.2) is 4.79 Å². The number of rotatable bonds is 8. The predicted octanol–water partition coefficient (Wildman–Crippen LogP) is 4.17. The third-order valence-electron chi connectivity index (χ3n) is 8.22. The highest BCUT2D eigenvalue weighted by Gasteiger charge is 2.43. The van der Waals surface area contributed by atoms with Crippen molar-refractivity contribution >= 4 is 40.4 Å². The van der Waals surface area contributed by atoms with Crippen molar-refractivity contribution in [3.63, 3.8) is 0 Å². The van der Waals surface area contributed by atoms with Crippen LogP contribution >= 0.6 is 11.6 Å². The fraction of sp³-hybridized carbons (Fsp3) is 0.433. The van der Waals surface area contributed by atoms with Gasteiger partial charge in [0.05, 0.1) is 24.2 Å². The smallest absolute Gasteiger partial charge is 0.409 e. The fourth-order valence-corrected chi connectivity index (χ4v) is 5.77. The molecular weight excluding hydrogens is 530 g/mol. The van der Waals surface area contributed by atoms with E-state index in [2.05, 4.69) is 46.7 Å². The minimum atomic E-state index is -0.498. The summed E-state index contributed by atoms with van der Waals surface area (Å²) in [6.45, 7) is 1.65. The SMILES string of the molecule is COC(=O)N1CCC(NC(=O)c2ccc3c(Cl)c[nH]c3c2)C(NC(=O)c2ccc(C3(CCN(C)C)CC3)cc2)C1. The summed E-state index contributed by atoms with van der Waals surface area (Å²) in [7, 11) is 5.50. The number of aromatic nitrogens is 1. The highest BCUT2D eigenvalue weighted by Crippen LogP contribution is 2.51. The van der Waals surface area contributed by atoms with E-state index in [1.807, 2.05) is 12.1 Å². The van der Waals surface area contributed by atoms with Gasteiger partial charge >= 0.3 is 6.09 Å². The van der Waals surface area contributed by atoms with Gasteiger partial charge < -0.3 is 30.2 Å². The largest absolute Gasteiger partial charge is 0.453 e. The number of nitrogens with zero attached hydrogens (tertiary/aromatic N) is 2. The molecule has 3 N–H and O–H groups in total. The summed E-state index contributed by atoms with van der Waals surface area (Å²) in [6.07, 6.45) is 5.13. The van der Waals surface area contributed by atoms with Crippen LogP contribution in [0.5, 0.6) is 0 Å². The molecule has 3 amide bonds. The average molecular weight is 566 g/mol. The summed E-state index contributed by atoms with van der Waals surface area (Å²) in [5, 5.41) is 7.56. The highest BCUT2D eigenvalue weighted by atomic mass is 35.5. The molecule has 40 heavy (non-hydrogen) atoms. The normalized spacial score (nSPS) is 19.9. The van der Waals surface area contributed by atoms with Crippen LogP contribution in [0, 0.1) is 0 Å². The third-order valence-corrected chi connectivity index (χ3v) is 8.54. The van der Waals surface area contributed by atoms with Crippen LogP contribution < -0.4 is 10.6 Å². The first-order chi connectivity index (χ1) is 19.2. The van der Waals surface area contributed by atoms with Crippen LogP contribution in [-0.2, 0) is 10.2 Å².